The van der Waals surface area contributed by atoms with Crippen molar-refractivity contribution < 1.29 is 22.8 Å². The topological polar surface area (TPSA) is 53.5 Å². The van der Waals surface area contributed by atoms with E-state index in [1.54, 1.807) is 30.6 Å². The van der Waals surface area contributed by atoms with Crippen molar-refractivity contribution in [2.24, 2.45) is 0 Å². The molecule has 4 rings (SSSR count). The monoisotopic (exact) mass is 477 g/mol. The summed E-state index contributed by atoms with van der Waals surface area (Å²) in [5.41, 5.74) is -1.73. The second kappa shape index (κ2) is 8.84. The normalized spacial score (nSPS) is 14.4. The summed E-state index contributed by atoms with van der Waals surface area (Å²) >= 11 is 5.70. The van der Waals surface area contributed by atoms with Crippen LogP contribution in [0, 0.1) is 0 Å². The number of amides is 3. The van der Waals surface area contributed by atoms with Gasteiger partial charge in [-0.3, -0.25) is 9.78 Å². The SMILES string of the molecule is O=C1CN(Cc2ccncc2-c2ccc(Cl)cc2)C(=O)N1c1ccc(SC(F)(F)F)cc1. The van der Waals surface area contributed by atoms with Gasteiger partial charge in [-0.25, -0.2) is 9.69 Å². The average Bonchev–Trinajstić information content (AvgIpc) is 3.02. The van der Waals surface area contributed by atoms with Crippen LogP contribution >= 0.6 is 23.4 Å². The van der Waals surface area contributed by atoms with Crippen molar-refractivity contribution in [2.45, 2.75) is 16.9 Å². The number of pyridine rings is 1. The summed E-state index contributed by atoms with van der Waals surface area (Å²) in [6.45, 7) is 0.0316. The number of hydrogen-bond donors (Lipinski definition) is 0. The number of halogens is 4. The first-order valence-corrected chi connectivity index (χ1v) is 10.6. The molecule has 0 spiro atoms. The zero-order valence-corrected chi connectivity index (χ0v) is 17.9. The van der Waals surface area contributed by atoms with E-state index in [9.17, 15) is 22.8 Å². The molecule has 0 atom stereocenters. The molecule has 1 aliphatic heterocycles. The summed E-state index contributed by atoms with van der Waals surface area (Å²) in [6, 6.07) is 13.5. The molecule has 2 aromatic carbocycles. The predicted molar refractivity (Wildman–Crippen MR) is 116 cm³/mol. The number of alkyl halides is 3. The van der Waals surface area contributed by atoms with E-state index < -0.39 is 17.4 Å². The Hall–Kier alpha value is -3.04. The molecule has 0 aliphatic carbocycles. The highest BCUT2D eigenvalue weighted by Crippen LogP contribution is 2.37. The van der Waals surface area contributed by atoms with Crippen molar-refractivity contribution >= 4 is 41.0 Å². The molecule has 164 valence electrons. The molecule has 0 unspecified atom stereocenters. The summed E-state index contributed by atoms with van der Waals surface area (Å²) in [5.74, 6) is -0.451. The van der Waals surface area contributed by atoms with Gasteiger partial charge in [-0.1, -0.05) is 23.7 Å². The molecular formula is C22H15ClF3N3O2S. The number of carbonyl (C=O) groups is 2. The van der Waals surface area contributed by atoms with Crippen molar-refractivity contribution in [2.75, 3.05) is 11.4 Å². The number of imide groups is 1. The number of aromatic nitrogens is 1. The Morgan fingerprint density at radius 3 is 2.34 bits per heavy atom. The minimum Gasteiger partial charge on any atom is -0.310 e. The van der Waals surface area contributed by atoms with Gasteiger partial charge in [0.05, 0.1) is 5.69 Å². The Bertz CT molecular complexity index is 1150. The molecule has 10 heteroatoms. The van der Waals surface area contributed by atoms with Crippen LogP contribution in [0.25, 0.3) is 11.1 Å². The molecule has 0 N–H and O–H groups in total. The Balaban J connectivity index is 1.54. The molecule has 3 aromatic rings. The number of nitrogens with zero attached hydrogens (tertiary/aromatic N) is 3. The van der Waals surface area contributed by atoms with Gasteiger partial charge >= 0.3 is 11.5 Å². The Morgan fingerprint density at radius 2 is 1.69 bits per heavy atom. The van der Waals surface area contributed by atoms with Crippen molar-refractivity contribution in [3.8, 4) is 11.1 Å². The molecule has 1 aliphatic rings. The lowest BCUT2D eigenvalue weighted by atomic mass is 10.0. The molecule has 32 heavy (non-hydrogen) atoms. The molecule has 3 amide bonds. The van der Waals surface area contributed by atoms with Crippen LogP contribution in [0.4, 0.5) is 23.7 Å². The minimum atomic E-state index is -4.41. The molecule has 0 radical (unpaired) electrons. The lowest BCUT2D eigenvalue weighted by Gasteiger charge is -2.19. The molecule has 1 aromatic heterocycles. The fourth-order valence-corrected chi connectivity index (χ4v) is 4.05. The molecule has 0 bridgehead atoms. The van der Waals surface area contributed by atoms with E-state index in [0.29, 0.717) is 5.02 Å². The summed E-state index contributed by atoms with van der Waals surface area (Å²) in [4.78, 5) is 32.0. The maximum absolute atomic E-state index is 12.9. The van der Waals surface area contributed by atoms with Crippen molar-refractivity contribution in [3.05, 3.63) is 77.6 Å². The number of thioether (sulfide) groups is 1. The zero-order valence-electron chi connectivity index (χ0n) is 16.3. The average molecular weight is 478 g/mol. The van der Waals surface area contributed by atoms with Gasteiger partial charge in [0, 0.05) is 34.4 Å². The van der Waals surface area contributed by atoms with Crippen LogP contribution in [-0.2, 0) is 11.3 Å². The first kappa shape index (κ1) is 22.2. The van der Waals surface area contributed by atoms with Gasteiger partial charge in [-0.05, 0) is 65.4 Å². The van der Waals surface area contributed by atoms with Gasteiger partial charge in [0.1, 0.15) is 6.54 Å². The van der Waals surface area contributed by atoms with E-state index in [0.717, 1.165) is 21.6 Å². The highest BCUT2D eigenvalue weighted by atomic mass is 35.5. The van der Waals surface area contributed by atoms with Crippen LogP contribution < -0.4 is 4.90 Å². The summed E-state index contributed by atoms with van der Waals surface area (Å²) in [7, 11) is 0. The van der Waals surface area contributed by atoms with E-state index >= 15 is 0 Å². The molecule has 2 heterocycles. The minimum absolute atomic E-state index is 0.0263. The summed E-state index contributed by atoms with van der Waals surface area (Å²) in [6.07, 6.45) is 3.28. The zero-order chi connectivity index (χ0) is 22.9. The molecular weight excluding hydrogens is 463 g/mol. The Morgan fingerprint density at radius 1 is 1.00 bits per heavy atom. The van der Waals surface area contributed by atoms with Gasteiger partial charge in [0.15, 0.2) is 0 Å². The lowest BCUT2D eigenvalue weighted by Crippen LogP contribution is -2.32. The van der Waals surface area contributed by atoms with Crippen LogP contribution in [-0.4, -0.2) is 33.9 Å². The van der Waals surface area contributed by atoms with E-state index in [-0.39, 0.29) is 35.4 Å². The number of hydrogen-bond acceptors (Lipinski definition) is 4. The third-order valence-electron chi connectivity index (χ3n) is 4.79. The maximum Gasteiger partial charge on any atom is 0.446 e. The van der Waals surface area contributed by atoms with E-state index in [4.69, 9.17) is 11.6 Å². The summed E-state index contributed by atoms with van der Waals surface area (Å²) in [5, 5.41) is 0.592. The maximum atomic E-state index is 12.9. The third-order valence-corrected chi connectivity index (χ3v) is 5.78. The number of anilines is 1. The fraction of sp³-hybridized carbons (Fsp3) is 0.136. The number of carbonyl (C=O) groups excluding carboxylic acids is 2. The smallest absolute Gasteiger partial charge is 0.310 e. The third kappa shape index (κ3) is 4.89. The van der Waals surface area contributed by atoms with Crippen LogP contribution in [0.3, 0.4) is 0 Å². The fourth-order valence-electron chi connectivity index (χ4n) is 3.38. The van der Waals surface area contributed by atoms with Crippen LogP contribution in [0.1, 0.15) is 5.56 Å². The molecule has 0 saturated carbocycles. The summed E-state index contributed by atoms with van der Waals surface area (Å²) < 4.78 is 37.6. The van der Waals surface area contributed by atoms with Gasteiger partial charge < -0.3 is 4.90 Å². The number of urea groups is 1. The van der Waals surface area contributed by atoms with Crippen LogP contribution in [0.2, 0.25) is 5.02 Å². The first-order valence-electron chi connectivity index (χ1n) is 9.38. The first-order chi connectivity index (χ1) is 15.2. The van der Waals surface area contributed by atoms with Crippen molar-refractivity contribution in [1.29, 1.82) is 0 Å². The second-order valence-corrected chi connectivity index (χ2v) is 8.52. The van der Waals surface area contributed by atoms with Gasteiger partial charge in [0.25, 0.3) is 5.91 Å². The largest absolute Gasteiger partial charge is 0.446 e. The van der Waals surface area contributed by atoms with Crippen LogP contribution in [0.5, 0.6) is 0 Å². The Labute approximate surface area is 190 Å². The number of rotatable bonds is 5. The van der Waals surface area contributed by atoms with Gasteiger partial charge in [0.2, 0.25) is 0 Å². The quantitative estimate of drug-likeness (QED) is 0.335. The molecule has 1 fully saturated rings. The lowest BCUT2D eigenvalue weighted by molar-refractivity contribution is -0.116. The van der Waals surface area contributed by atoms with Gasteiger partial charge in [-0.15, -0.1) is 0 Å². The predicted octanol–water partition coefficient (Wildman–Crippen LogP) is 5.98. The highest BCUT2D eigenvalue weighted by molar-refractivity contribution is 8.00. The van der Waals surface area contributed by atoms with E-state index in [1.165, 1.54) is 29.2 Å². The molecule has 5 nitrogen and oxygen atoms in total. The highest BCUT2D eigenvalue weighted by Gasteiger charge is 2.37. The number of benzene rings is 2. The second-order valence-electron chi connectivity index (χ2n) is 6.95. The Kier molecular flexibility index (Phi) is 6.12. The van der Waals surface area contributed by atoms with Crippen molar-refractivity contribution in [1.82, 2.24) is 9.88 Å². The van der Waals surface area contributed by atoms with Crippen LogP contribution in [0.15, 0.2) is 71.9 Å². The van der Waals surface area contributed by atoms with Crippen molar-refractivity contribution in [3.63, 3.8) is 0 Å². The van der Waals surface area contributed by atoms with E-state index in [2.05, 4.69) is 4.98 Å². The van der Waals surface area contributed by atoms with Gasteiger partial charge in [-0.2, -0.15) is 13.2 Å². The standard InChI is InChI=1S/C22H15ClF3N3O2S/c23-16-3-1-14(2-4-16)19-11-27-10-9-15(19)12-28-13-20(30)29(21(28)31)17-5-7-18(8-6-17)32-22(24,25)26/h1-11H,12-13H2. The van der Waals surface area contributed by atoms with E-state index in [1.807, 2.05) is 12.1 Å². The molecule has 1 saturated heterocycles.